The third-order valence-corrected chi connectivity index (χ3v) is 12.6. The van der Waals surface area contributed by atoms with E-state index in [9.17, 15) is 9.59 Å². The predicted molar refractivity (Wildman–Crippen MR) is 95.7 cm³/mol. The molecule has 0 saturated heterocycles. The molecule has 0 aliphatic carbocycles. The normalized spacial score (nSPS) is 10.1. The summed E-state index contributed by atoms with van der Waals surface area (Å²) in [6, 6.07) is 14.4. The molecule has 0 spiro atoms. The van der Waals surface area contributed by atoms with Crippen LogP contribution in [0, 0.1) is 0 Å². The van der Waals surface area contributed by atoms with Crippen LogP contribution in [0.1, 0.15) is 34.6 Å². The molecular weight excluding hydrogens is 430 g/mol. The minimum absolute atomic E-state index is 0.301. The van der Waals surface area contributed by atoms with E-state index < -0.39 is 20.3 Å². The Morgan fingerprint density at radius 3 is 1.58 bits per heavy atom. The van der Waals surface area contributed by atoms with Gasteiger partial charge in [-0.3, -0.25) is 0 Å². The summed E-state index contributed by atoms with van der Waals surface area (Å²) in [5, 5.41) is 0. The van der Waals surface area contributed by atoms with Gasteiger partial charge >= 0.3 is 153 Å². The Balaban J connectivity index is 2.45. The molecule has 2 rings (SSSR count). The zero-order valence-corrected chi connectivity index (χ0v) is 17.7. The predicted octanol–water partition coefficient (Wildman–Crippen LogP) is 2.38. The standard InChI is InChI=1S/2C9H9O2.ClH.In/c2*1-2-11-9(10)8-6-4-3-5-7-8;;/h2*3-6H,2H2,1H3;1H;/q;;;+1/p-1. The van der Waals surface area contributed by atoms with E-state index in [1.165, 1.54) is 0 Å². The quantitative estimate of drug-likeness (QED) is 0.637. The molecule has 4 nitrogen and oxygen atoms in total. The Hall–Kier alpha value is -1.46. The Labute approximate surface area is 152 Å². The molecule has 0 atom stereocenters. The maximum atomic E-state index is 12.2. The van der Waals surface area contributed by atoms with Gasteiger partial charge < -0.3 is 0 Å². The van der Waals surface area contributed by atoms with Gasteiger partial charge in [0.2, 0.25) is 0 Å². The van der Waals surface area contributed by atoms with Crippen LogP contribution in [0.25, 0.3) is 0 Å². The molecule has 0 radical (unpaired) electrons. The molecule has 0 heterocycles. The van der Waals surface area contributed by atoms with Crippen LogP contribution in [0.2, 0.25) is 0 Å². The SMILES string of the molecule is CCOC(=O)c1cccc[c]1[In]([Cl])[c]1ccccc1C(=O)OCC. The fourth-order valence-corrected chi connectivity index (χ4v) is 10.3. The third-order valence-electron chi connectivity index (χ3n) is 3.46. The van der Waals surface area contributed by atoms with Gasteiger partial charge in [-0.15, -0.1) is 0 Å². The molecular formula is C18H18ClInO4. The van der Waals surface area contributed by atoms with Gasteiger partial charge in [0.25, 0.3) is 0 Å². The first-order valence-corrected chi connectivity index (χ1v) is 15.2. The van der Waals surface area contributed by atoms with Crippen molar-refractivity contribution in [1.29, 1.82) is 0 Å². The molecule has 0 bridgehead atoms. The number of carbonyl (C=O) groups is 2. The van der Waals surface area contributed by atoms with Crippen LogP contribution in [0.3, 0.4) is 0 Å². The second-order valence-electron chi connectivity index (χ2n) is 4.98. The van der Waals surface area contributed by atoms with Crippen molar-refractivity contribution in [1.82, 2.24) is 0 Å². The summed E-state index contributed by atoms with van der Waals surface area (Å²) in [5.41, 5.74) is 0.961. The van der Waals surface area contributed by atoms with Gasteiger partial charge in [-0.2, -0.15) is 0 Å². The summed E-state index contributed by atoms with van der Waals surface area (Å²) in [4.78, 5) is 24.4. The summed E-state index contributed by atoms with van der Waals surface area (Å²) >= 11 is -3.12. The van der Waals surface area contributed by atoms with Gasteiger partial charge in [0.05, 0.1) is 0 Å². The molecule has 124 valence electrons. The Morgan fingerprint density at radius 2 is 1.21 bits per heavy atom. The zero-order valence-electron chi connectivity index (χ0n) is 13.6. The molecule has 0 aliphatic heterocycles. The van der Waals surface area contributed by atoms with Crippen molar-refractivity contribution in [2.45, 2.75) is 13.8 Å². The van der Waals surface area contributed by atoms with Crippen LogP contribution in [0.5, 0.6) is 0 Å². The van der Waals surface area contributed by atoms with Crippen LogP contribution < -0.4 is 6.64 Å². The Morgan fingerprint density at radius 1 is 0.833 bits per heavy atom. The first-order valence-electron chi connectivity index (χ1n) is 7.76. The van der Waals surface area contributed by atoms with E-state index in [0.29, 0.717) is 24.3 Å². The molecule has 0 aliphatic rings. The van der Waals surface area contributed by atoms with Gasteiger partial charge in [0, 0.05) is 0 Å². The van der Waals surface area contributed by atoms with Crippen molar-refractivity contribution in [3.05, 3.63) is 59.7 Å². The van der Waals surface area contributed by atoms with Crippen LogP contribution in [0.4, 0.5) is 0 Å². The summed E-state index contributed by atoms with van der Waals surface area (Å²) in [7, 11) is 6.82. The molecule has 24 heavy (non-hydrogen) atoms. The van der Waals surface area contributed by atoms with E-state index in [2.05, 4.69) is 0 Å². The molecule has 0 fully saturated rings. The number of hydrogen-bond donors (Lipinski definition) is 0. The maximum absolute atomic E-state index is 12.2. The molecule has 6 heteroatoms. The van der Waals surface area contributed by atoms with Crippen molar-refractivity contribution in [2.24, 2.45) is 0 Å². The first-order chi connectivity index (χ1) is 11.6. The van der Waals surface area contributed by atoms with Crippen molar-refractivity contribution < 1.29 is 19.1 Å². The number of carbonyl (C=O) groups excluding carboxylic acids is 2. The van der Waals surface area contributed by atoms with Gasteiger partial charge in [-0.25, -0.2) is 0 Å². The molecule has 2 aromatic carbocycles. The average Bonchev–Trinajstić information content (AvgIpc) is 2.61. The number of esters is 2. The van der Waals surface area contributed by atoms with Gasteiger partial charge in [-0.05, 0) is 0 Å². The summed E-state index contributed by atoms with van der Waals surface area (Å²) < 4.78 is 11.8. The minimum atomic E-state index is -3.12. The number of ether oxygens (including phenoxy) is 2. The van der Waals surface area contributed by atoms with Crippen molar-refractivity contribution in [3.8, 4) is 0 Å². The molecule has 0 unspecified atom stereocenters. The number of rotatable bonds is 6. The number of benzene rings is 2. The molecule has 0 aromatic heterocycles. The van der Waals surface area contributed by atoms with Crippen molar-refractivity contribution in [2.75, 3.05) is 13.2 Å². The zero-order chi connectivity index (χ0) is 17.5. The van der Waals surface area contributed by atoms with E-state index in [0.717, 1.165) is 6.64 Å². The van der Waals surface area contributed by atoms with E-state index in [1.807, 2.05) is 24.3 Å². The Kier molecular flexibility index (Phi) is 7.18. The molecule has 2 aromatic rings. The first kappa shape index (κ1) is 18.9. The monoisotopic (exact) mass is 448 g/mol. The molecule has 0 N–H and O–H groups in total. The van der Waals surface area contributed by atoms with Crippen LogP contribution in [-0.2, 0) is 9.47 Å². The van der Waals surface area contributed by atoms with E-state index in [4.69, 9.17) is 18.1 Å². The van der Waals surface area contributed by atoms with Crippen LogP contribution >= 0.6 is 8.58 Å². The summed E-state index contributed by atoms with van der Waals surface area (Å²) in [6.45, 7) is 4.13. The van der Waals surface area contributed by atoms with Crippen molar-refractivity contribution in [3.63, 3.8) is 0 Å². The van der Waals surface area contributed by atoms with Crippen LogP contribution in [0.15, 0.2) is 48.5 Å². The van der Waals surface area contributed by atoms with E-state index in [-0.39, 0.29) is 11.9 Å². The van der Waals surface area contributed by atoms with Gasteiger partial charge in [0.15, 0.2) is 0 Å². The number of halogens is 1. The van der Waals surface area contributed by atoms with Gasteiger partial charge in [-0.1, -0.05) is 0 Å². The topological polar surface area (TPSA) is 52.6 Å². The molecule has 0 amide bonds. The van der Waals surface area contributed by atoms with Gasteiger partial charge in [0.1, 0.15) is 0 Å². The molecule has 0 saturated carbocycles. The van der Waals surface area contributed by atoms with E-state index >= 15 is 0 Å². The van der Waals surface area contributed by atoms with Crippen LogP contribution in [-0.4, -0.2) is 45.4 Å². The second-order valence-corrected chi connectivity index (χ2v) is 13.5. The Bertz CT molecular complexity index is 671. The van der Waals surface area contributed by atoms with Crippen molar-refractivity contribution >= 4 is 47.4 Å². The summed E-state index contributed by atoms with van der Waals surface area (Å²) in [5.74, 6) is -0.770. The average molecular weight is 449 g/mol. The fourth-order valence-electron chi connectivity index (χ4n) is 2.39. The fraction of sp³-hybridized carbons (Fsp3) is 0.222. The second kappa shape index (κ2) is 9.14. The van der Waals surface area contributed by atoms with E-state index in [1.54, 1.807) is 38.1 Å². The summed E-state index contributed by atoms with van der Waals surface area (Å²) in [6.07, 6.45) is 0. The third kappa shape index (κ3) is 4.33. The number of hydrogen-bond acceptors (Lipinski definition) is 4.